The van der Waals surface area contributed by atoms with Crippen LogP contribution in [0.4, 0.5) is 11.4 Å². The molecule has 1 heterocycles. The molecule has 4 nitrogen and oxygen atoms in total. The molecule has 4 heteroatoms. The van der Waals surface area contributed by atoms with Gasteiger partial charge in [-0.25, -0.2) is 4.90 Å². The van der Waals surface area contributed by atoms with Gasteiger partial charge in [-0.15, -0.1) is 0 Å². The predicted octanol–water partition coefficient (Wildman–Crippen LogP) is 3.97. The Morgan fingerprint density at radius 2 is 1.52 bits per heavy atom. The van der Waals surface area contributed by atoms with E-state index in [0.29, 0.717) is 0 Å². The van der Waals surface area contributed by atoms with Crippen LogP contribution in [-0.4, -0.2) is 17.9 Å². The number of hydrogen-bond donors (Lipinski definition) is 1. The summed E-state index contributed by atoms with van der Waals surface area (Å²) in [5, 5.41) is 3.23. The van der Waals surface area contributed by atoms with E-state index in [2.05, 4.69) is 5.32 Å². The Balaban J connectivity index is 1.89. The van der Waals surface area contributed by atoms with E-state index in [1.807, 2.05) is 65.0 Å². The quantitative estimate of drug-likeness (QED) is 0.863. The van der Waals surface area contributed by atoms with E-state index in [9.17, 15) is 9.59 Å². The van der Waals surface area contributed by atoms with Crippen LogP contribution in [0.2, 0.25) is 0 Å². The van der Waals surface area contributed by atoms with Gasteiger partial charge in [0, 0.05) is 5.69 Å². The fraction of sp³-hybridized carbons (Fsp3) is 0.333. The van der Waals surface area contributed by atoms with E-state index in [0.717, 1.165) is 33.6 Å². The molecule has 0 bridgehead atoms. The Kier molecular flexibility index (Phi) is 4.38. The Labute approximate surface area is 148 Å². The lowest BCUT2D eigenvalue weighted by molar-refractivity contribution is -0.121. The fourth-order valence-electron chi connectivity index (χ4n) is 3.54. The maximum Gasteiger partial charge on any atom is 0.256 e. The van der Waals surface area contributed by atoms with Crippen LogP contribution in [0.3, 0.4) is 0 Å². The molecule has 1 atom stereocenters. The van der Waals surface area contributed by atoms with Gasteiger partial charge in [-0.1, -0.05) is 23.8 Å². The molecule has 25 heavy (non-hydrogen) atoms. The molecule has 1 N–H and O–H groups in total. The van der Waals surface area contributed by atoms with Gasteiger partial charge in [0.2, 0.25) is 5.91 Å². The van der Waals surface area contributed by atoms with Crippen molar-refractivity contribution in [3.05, 3.63) is 58.1 Å². The normalized spacial score (nSPS) is 17.3. The summed E-state index contributed by atoms with van der Waals surface area (Å²) < 4.78 is 0. The first-order chi connectivity index (χ1) is 11.8. The molecule has 3 rings (SSSR count). The van der Waals surface area contributed by atoms with Gasteiger partial charge in [0.05, 0.1) is 12.1 Å². The molecule has 1 saturated heterocycles. The molecule has 130 valence electrons. The summed E-state index contributed by atoms with van der Waals surface area (Å²) in [4.78, 5) is 26.8. The largest absolute Gasteiger partial charge is 0.373 e. The van der Waals surface area contributed by atoms with Crippen molar-refractivity contribution in [2.75, 3.05) is 10.2 Å². The van der Waals surface area contributed by atoms with Gasteiger partial charge in [-0.05, 0) is 69.0 Å². The van der Waals surface area contributed by atoms with Crippen molar-refractivity contribution in [1.82, 2.24) is 0 Å². The molecule has 2 aromatic carbocycles. The molecule has 0 aliphatic carbocycles. The number of carbonyl (C=O) groups excluding carboxylic acids is 2. The summed E-state index contributed by atoms with van der Waals surface area (Å²) in [5.74, 6) is -0.334. The van der Waals surface area contributed by atoms with Gasteiger partial charge in [0.25, 0.3) is 5.91 Å². The number of hydrogen-bond acceptors (Lipinski definition) is 3. The number of anilines is 2. The number of nitrogens with zero attached hydrogens (tertiary/aromatic N) is 1. The molecule has 1 aliphatic heterocycles. The van der Waals surface area contributed by atoms with Gasteiger partial charge < -0.3 is 5.32 Å². The lowest BCUT2D eigenvalue weighted by Crippen LogP contribution is -2.35. The number of nitrogens with one attached hydrogen (secondary N) is 1. The van der Waals surface area contributed by atoms with Crippen molar-refractivity contribution < 1.29 is 9.59 Å². The topological polar surface area (TPSA) is 49.4 Å². The van der Waals surface area contributed by atoms with Gasteiger partial charge >= 0.3 is 0 Å². The molecule has 0 unspecified atom stereocenters. The average molecular weight is 336 g/mol. The Bertz CT molecular complexity index is 847. The molecule has 2 aromatic rings. The standard InChI is InChI=1S/C21H24N2O2/c1-12-8-15(4)20(16(5)9-12)23-19(24)11-18(21(23)25)22-17-7-6-13(2)14(3)10-17/h6-10,18,22H,11H2,1-5H3/t18-/m1/s1. The maximum atomic E-state index is 12.9. The summed E-state index contributed by atoms with van der Waals surface area (Å²) in [6.07, 6.45) is 0.179. The first-order valence-electron chi connectivity index (χ1n) is 8.56. The first-order valence-corrected chi connectivity index (χ1v) is 8.56. The van der Waals surface area contributed by atoms with Crippen LogP contribution in [0, 0.1) is 34.6 Å². The zero-order valence-corrected chi connectivity index (χ0v) is 15.4. The monoisotopic (exact) mass is 336 g/mol. The van der Waals surface area contributed by atoms with Crippen molar-refractivity contribution >= 4 is 23.2 Å². The molecule has 0 aromatic heterocycles. The number of amides is 2. The molecule has 1 aliphatic rings. The van der Waals surface area contributed by atoms with Crippen LogP contribution in [-0.2, 0) is 9.59 Å². The Hall–Kier alpha value is -2.62. The molecule has 1 fully saturated rings. The van der Waals surface area contributed by atoms with Crippen LogP contribution in [0.1, 0.15) is 34.2 Å². The average Bonchev–Trinajstić information content (AvgIpc) is 2.78. The maximum absolute atomic E-state index is 12.9. The highest BCUT2D eigenvalue weighted by Crippen LogP contribution is 2.31. The van der Waals surface area contributed by atoms with Gasteiger partial charge in [0.1, 0.15) is 6.04 Å². The van der Waals surface area contributed by atoms with Crippen molar-refractivity contribution in [3.8, 4) is 0 Å². The minimum absolute atomic E-state index is 0.151. The molecular formula is C21H24N2O2. The van der Waals surface area contributed by atoms with Crippen molar-refractivity contribution in [2.24, 2.45) is 0 Å². The third kappa shape index (κ3) is 3.16. The number of imide groups is 1. The summed E-state index contributed by atoms with van der Waals surface area (Å²) >= 11 is 0. The molecule has 0 saturated carbocycles. The fourth-order valence-corrected chi connectivity index (χ4v) is 3.54. The summed E-state index contributed by atoms with van der Waals surface area (Å²) in [6.45, 7) is 9.99. The predicted molar refractivity (Wildman–Crippen MR) is 101 cm³/mol. The SMILES string of the molecule is Cc1cc(C)c(N2C(=O)C[C@@H](Nc3ccc(C)c(C)c3)C2=O)c(C)c1. The highest BCUT2D eigenvalue weighted by molar-refractivity contribution is 6.23. The molecular weight excluding hydrogens is 312 g/mol. The van der Waals surface area contributed by atoms with Gasteiger partial charge in [-0.3, -0.25) is 9.59 Å². The summed E-state index contributed by atoms with van der Waals surface area (Å²) in [7, 11) is 0. The van der Waals surface area contributed by atoms with Crippen molar-refractivity contribution in [1.29, 1.82) is 0 Å². The number of benzene rings is 2. The van der Waals surface area contributed by atoms with E-state index in [1.54, 1.807) is 0 Å². The van der Waals surface area contributed by atoms with Crippen LogP contribution < -0.4 is 10.2 Å². The molecule has 2 amide bonds. The third-order valence-electron chi connectivity index (χ3n) is 4.85. The Morgan fingerprint density at radius 3 is 2.12 bits per heavy atom. The van der Waals surface area contributed by atoms with Crippen molar-refractivity contribution in [3.63, 3.8) is 0 Å². The lowest BCUT2D eigenvalue weighted by atomic mass is 10.0. The first kappa shape index (κ1) is 17.2. The second-order valence-corrected chi connectivity index (χ2v) is 7.01. The minimum atomic E-state index is -0.519. The van der Waals surface area contributed by atoms with Crippen molar-refractivity contribution in [2.45, 2.75) is 47.1 Å². The van der Waals surface area contributed by atoms with E-state index >= 15 is 0 Å². The van der Waals surface area contributed by atoms with Crippen LogP contribution in [0.25, 0.3) is 0 Å². The van der Waals surface area contributed by atoms with Crippen LogP contribution in [0.15, 0.2) is 30.3 Å². The molecule has 0 spiro atoms. The van der Waals surface area contributed by atoms with E-state index in [4.69, 9.17) is 0 Å². The van der Waals surface area contributed by atoms with Crippen LogP contribution in [0.5, 0.6) is 0 Å². The highest BCUT2D eigenvalue weighted by atomic mass is 16.2. The third-order valence-corrected chi connectivity index (χ3v) is 4.85. The van der Waals surface area contributed by atoms with E-state index in [-0.39, 0.29) is 18.2 Å². The lowest BCUT2D eigenvalue weighted by Gasteiger charge is -2.21. The number of aryl methyl sites for hydroxylation is 5. The van der Waals surface area contributed by atoms with Gasteiger partial charge in [0.15, 0.2) is 0 Å². The van der Waals surface area contributed by atoms with Gasteiger partial charge in [-0.2, -0.15) is 0 Å². The number of rotatable bonds is 3. The number of carbonyl (C=O) groups is 2. The summed E-state index contributed by atoms with van der Waals surface area (Å²) in [5.41, 5.74) is 6.98. The highest BCUT2D eigenvalue weighted by Gasteiger charge is 2.40. The molecule has 0 radical (unpaired) electrons. The van der Waals surface area contributed by atoms with E-state index in [1.165, 1.54) is 10.5 Å². The summed E-state index contributed by atoms with van der Waals surface area (Å²) in [6, 6.07) is 9.48. The zero-order valence-electron chi connectivity index (χ0n) is 15.4. The minimum Gasteiger partial charge on any atom is -0.373 e. The van der Waals surface area contributed by atoms with Crippen LogP contribution >= 0.6 is 0 Å². The second-order valence-electron chi connectivity index (χ2n) is 7.01. The zero-order chi connectivity index (χ0) is 18.3. The smallest absolute Gasteiger partial charge is 0.256 e. The Morgan fingerprint density at radius 1 is 0.880 bits per heavy atom. The van der Waals surface area contributed by atoms with E-state index < -0.39 is 6.04 Å². The second kappa shape index (κ2) is 6.36.